The highest BCUT2D eigenvalue weighted by molar-refractivity contribution is 5.51. The minimum Gasteiger partial charge on any atom is -0.386 e. The molecule has 1 aliphatic rings. The lowest BCUT2D eigenvalue weighted by Gasteiger charge is -2.45. The molecule has 1 saturated heterocycles. The van der Waals surface area contributed by atoms with Gasteiger partial charge < -0.3 is 15.7 Å². The van der Waals surface area contributed by atoms with E-state index >= 15 is 0 Å². The number of pyridine rings is 1. The van der Waals surface area contributed by atoms with Crippen molar-refractivity contribution in [1.82, 2.24) is 4.98 Å². The van der Waals surface area contributed by atoms with Crippen LogP contribution in [0.2, 0.25) is 0 Å². The Morgan fingerprint density at radius 2 is 2.23 bits per heavy atom. The molecule has 70 valence electrons. The molecule has 1 aliphatic heterocycles. The lowest BCUT2D eigenvalue weighted by atomic mass is 9.96. The fourth-order valence-electron chi connectivity index (χ4n) is 1.54. The van der Waals surface area contributed by atoms with Crippen molar-refractivity contribution in [2.45, 2.75) is 12.5 Å². The van der Waals surface area contributed by atoms with Crippen LogP contribution in [0.4, 0.5) is 11.5 Å². The van der Waals surface area contributed by atoms with Gasteiger partial charge in [-0.2, -0.15) is 0 Å². The normalized spacial score (nSPS) is 19.7. The van der Waals surface area contributed by atoms with Gasteiger partial charge in [0.15, 0.2) is 0 Å². The Balaban J connectivity index is 2.08. The maximum absolute atomic E-state index is 9.51. The number of nitrogens with zero attached hydrogens (tertiary/aromatic N) is 2. The van der Waals surface area contributed by atoms with E-state index in [1.54, 1.807) is 12.3 Å². The molecular formula is C9H13N3O. The van der Waals surface area contributed by atoms with Gasteiger partial charge in [-0.25, -0.2) is 4.98 Å². The van der Waals surface area contributed by atoms with E-state index in [0.717, 1.165) is 5.69 Å². The fraction of sp³-hybridized carbons (Fsp3) is 0.444. The summed E-state index contributed by atoms with van der Waals surface area (Å²) in [5, 5.41) is 9.51. The van der Waals surface area contributed by atoms with Crippen molar-refractivity contribution in [2.24, 2.45) is 0 Å². The monoisotopic (exact) mass is 179 g/mol. The molecule has 0 aliphatic carbocycles. The van der Waals surface area contributed by atoms with Crippen LogP contribution in [0.5, 0.6) is 0 Å². The Kier molecular flexibility index (Phi) is 1.66. The number of nitrogens with two attached hydrogens (primary N) is 1. The molecule has 4 heteroatoms. The zero-order valence-electron chi connectivity index (χ0n) is 7.57. The summed E-state index contributed by atoms with van der Waals surface area (Å²) in [6.07, 6.45) is 1.73. The standard InChI is InChI=1S/C9H13N3O/c1-9(13)5-12(6-9)7-2-3-8(10)11-4-7/h2-4,13H,5-6H2,1H3,(H2,10,11). The Hall–Kier alpha value is -1.29. The van der Waals surface area contributed by atoms with Gasteiger partial charge in [-0.1, -0.05) is 0 Å². The molecule has 0 bridgehead atoms. The Labute approximate surface area is 77.0 Å². The number of hydrogen-bond acceptors (Lipinski definition) is 4. The van der Waals surface area contributed by atoms with Gasteiger partial charge >= 0.3 is 0 Å². The molecule has 3 N–H and O–H groups in total. The molecule has 1 fully saturated rings. The lowest BCUT2D eigenvalue weighted by Crippen LogP contribution is -2.60. The molecule has 0 spiro atoms. The van der Waals surface area contributed by atoms with Gasteiger partial charge in [0.2, 0.25) is 0 Å². The summed E-state index contributed by atoms with van der Waals surface area (Å²) in [7, 11) is 0. The van der Waals surface area contributed by atoms with E-state index in [0.29, 0.717) is 18.9 Å². The molecular weight excluding hydrogens is 166 g/mol. The first kappa shape index (κ1) is 8.31. The molecule has 0 atom stereocenters. The average Bonchev–Trinajstić information content (AvgIpc) is 2.01. The topological polar surface area (TPSA) is 62.4 Å². The van der Waals surface area contributed by atoms with Crippen LogP contribution in [-0.4, -0.2) is 28.8 Å². The number of hydrogen-bond donors (Lipinski definition) is 2. The zero-order valence-corrected chi connectivity index (χ0v) is 7.57. The van der Waals surface area contributed by atoms with Crippen LogP contribution in [0.3, 0.4) is 0 Å². The minimum atomic E-state index is -0.540. The summed E-state index contributed by atoms with van der Waals surface area (Å²) in [6.45, 7) is 3.16. The number of rotatable bonds is 1. The van der Waals surface area contributed by atoms with Crippen molar-refractivity contribution in [1.29, 1.82) is 0 Å². The van der Waals surface area contributed by atoms with Crippen molar-refractivity contribution in [2.75, 3.05) is 23.7 Å². The molecule has 13 heavy (non-hydrogen) atoms. The molecule has 2 heterocycles. The van der Waals surface area contributed by atoms with E-state index in [2.05, 4.69) is 9.88 Å². The number of anilines is 2. The highest BCUT2D eigenvalue weighted by Gasteiger charge is 2.36. The van der Waals surface area contributed by atoms with E-state index in [4.69, 9.17) is 5.73 Å². The van der Waals surface area contributed by atoms with Gasteiger partial charge in [-0.15, -0.1) is 0 Å². The number of aliphatic hydroxyl groups is 1. The van der Waals surface area contributed by atoms with E-state index in [1.807, 2.05) is 13.0 Å². The molecule has 0 amide bonds. The molecule has 1 aromatic rings. The summed E-state index contributed by atoms with van der Waals surface area (Å²) in [5.74, 6) is 0.524. The number of aromatic nitrogens is 1. The predicted octanol–water partition coefficient (Wildman–Crippen LogP) is 0.235. The number of nitrogen functional groups attached to an aromatic ring is 1. The van der Waals surface area contributed by atoms with Gasteiger partial charge in [0.05, 0.1) is 17.5 Å². The molecule has 2 rings (SSSR count). The summed E-state index contributed by atoms with van der Waals surface area (Å²) in [4.78, 5) is 6.05. The Morgan fingerprint density at radius 3 is 2.69 bits per heavy atom. The van der Waals surface area contributed by atoms with Crippen LogP contribution >= 0.6 is 0 Å². The van der Waals surface area contributed by atoms with Crippen LogP contribution in [0.1, 0.15) is 6.92 Å². The third-order valence-corrected chi connectivity index (χ3v) is 2.20. The van der Waals surface area contributed by atoms with Gasteiger partial charge in [0.25, 0.3) is 0 Å². The summed E-state index contributed by atoms with van der Waals surface area (Å²) < 4.78 is 0. The van der Waals surface area contributed by atoms with E-state index in [1.165, 1.54) is 0 Å². The Bertz CT molecular complexity index is 299. The first-order chi connectivity index (χ1) is 6.07. The van der Waals surface area contributed by atoms with Crippen LogP contribution in [-0.2, 0) is 0 Å². The largest absolute Gasteiger partial charge is 0.386 e. The Morgan fingerprint density at radius 1 is 1.54 bits per heavy atom. The van der Waals surface area contributed by atoms with Crippen molar-refractivity contribution in [3.05, 3.63) is 18.3 Å². The molecule has 1 aromatic heterocycles. The first-order valence-corrected chi connectivity index (χ1v) is 4.26. The van der Waals surface area contributed by atoms with Gasteiger partial charge in [0.1, 0.15) is 5.82 Å². The van der Waals surface area contributed by atoms with Crippen LogP contribution in [0.15, 0.2) is 18.3 Å². The summed E-state index contributed by atoms with van der Waals surface area (Å²) in [5.41, 5.74) is 5.93. The van der Waals surface area contributed by atoms with Crippen molar-refractivity contribution < 1.29 is 5.11 Å². The van der Waals surface area contributed by atoms with Gasteiger partial charge in [-0.05, 0) is 19.1 Å². The van der Waals surface area contributed by atoms with E-state index in [-0.39, 0.29) is 0 Å². The minimum absolute atomic E-state index is 0.524. The van der Waals surface area contributed by atoms with Crippen LogP contribution in [0.25, 0.3) is 0 Å². The highest BCUT2D eigenvalue weighted by atomic mass is 16.3. The predicted molar refractivity (Wildman–Crippen MR) is 51.5 cm³/mol. The molecule has 0 aromatic carbocycles. The molecule has 0 unspecified atom stereocenters. The summed E-state index contributed by atoms with van der Waals surface area (Å²) in [6, 6.07) is 3.68. The molecule has 0 radical (unpaired) electrons. The third-order valence-electron chi connectivity index (χ3n) is 2.20. The van der Waals surface area contributed by atoms with Gasteiger partial charge in [0, 0.05) is 13.1 Å². The first-order valence-electron chi connectivity index (χ1n) is 4.26. The van der Waals surface area contributed by atoms with Crippen molar-refractivity contribution in [3.8, 4) is 0 Å². The maximum atomic E-state index is 9.51. The van der Waals surface area contributed by atoms with Crippen LogP contribution < -0.4 is 10.6 Å². The van der Waals surface area contributed by atoms with Crippen molar-refractivity contribution in [3.63, 3.8) is 0 Å². The molecule has 0 saturated carbocycles. The smallest absolute Gasteiger partial charge is 0.123 e. The van der Waals surface area contributed by atoms with Crippen LogP contribution in [0, 0.1) is 0 Å². The number of β-amino-alcohol motifs (C(OH)–C–C–N with tert-alkyl or cyclic N) is 1. The second kappa shape index (κ2) is 2.60. The van der Waals surface area contributed by atoms with Crippen molar-refractivity contribution >= 4 is 11.5 Å². The molecule has 4 nitrogen and oxygen atoms in total. The second-order valence-corrected chi connectivity index (χ2v) is 3.79. The fourth-order valence-corrected chi connectivity index (χ4v) is 1.54. The average molecular weight is 179 g/mol. The summed E-state index contributed by atoms with van der Waals surface area (Å²) >= 11 is 0. The maximum Gasteiger partial charge on any atom is 0.123 e. The lowest BCUT2D eigenvalue weighted by molar-refractivity contribution is 0.0310. The SMILES string of the molecule is CC1(O)CN(c2ccc(N)nc2)C1. The second-order valence-electron chi connectivity index (χ2n) is 3.79. The third kappa shape index (κ3) is 1.58. The van der Waals surface area contributed by atoms with Gasteiger partial charge in [-0.3, -0.25) is 0 Å². The quantitative estimate of drug-likeness (QED) is 0.648. The van der Waals surface area contributed by atoms with E-state index < -0.39 is 5.60 Å². The van der Waals surface area contributed by atoms with E-state index in [9.17, 15) is 5.11 Å². The zero-order chi connectivity index (χ0) is 9.47. The highest BCUT2D eigenvalue weighted by Crippen LogP contribution is 2.26.